The molecule has 2 aromatic carbocycles. The van der Waals surface area contributed by atoms with E-state index in [1.165, 1.54) is 0 Å². The van der Waals surface area contributed by atoms with E-state index in [2.05, 4.69) is 15.9 Å². The highest BCUT2D eigenvalue weighted by atomic mass is 79.9. The van der Waals surface area contributed by atoms with Crippen LogP contribution in [0.2, 0.25) is 0 Å². The van der Waals surface area contributed by atoms with Crippen LogP contribution in [0.25, 0.3) is 10.8 Å². The molecule has 3 nitrogen and oxygen atoms in total. The van der Waals surface area contributed by atoms with Crippen LogP contribution in [0.15, 0.2) is 40.9 Å². The Labute approximate surface area is 95.6 Å². The van der Waals surface area contributed by atoms with Crippen molar-refractivity contribution >= 4 is 34.0 Å². The molecule has 0 heterocycles. The molecular formula is C10H8BBrO3. The van der Waals surface area contributed by atoms with Crippen LogP contribution in [0.3, 0.4) is 0 Å². The van der Waals surface area contributed by atoms with Crippen LogP contribution < -0.4 is 4.65 Å². The zero-order valence-corrected chi connectivity index (χ0v) is 9.31. The van der Waals surface area contributed by atoms with Gasteiger partial charge in [0.05, 0.1) is 0 Å². The molecule has 0 bridgehead atoms. The van der Waals surface area contributed by atoms with Crippen LogP contribution in [0.5, 0.6) is 5.75 Å². The molecule has 0 saturated heterocycles. The molecule has 76 valence electrons. The molecule has 0 atom stereocenters. The Kier molecular flexibility index (Phi) is 2.95. The molecule has 0 amide bonds. The second kappa shape index (κ2) is 4.22. The summed E-state index contributed by atoms with van der Waals surface area (Å²) >= 11 is 3.42. The van der Waals surface area contributed by atoms with E-state index >= 15 is 0 Å². The molecule has 2 rings (SSSR count). The van der Waals surface area contributed by atoms with Crippen molar-refractivity contribution in [3.05, 3.63) is 40.9 Å². The quantitative estimate of drug-likeness (QED) is 0.817. The molecule has 0 radical (unpaired) electrons. The number of hydrogen-bond acceptors (Lipinski definition) is 3. The maximum Gasteiger partial charge on any atom is 0.707 e. The van der Waals surface area contributed by atoms with E-state index in [4.69, 9.17) is 14.7 Å². The number of rotatable bonds is 2. The Balaban J connectivity index is 2.50. The van der Waals surface area contributed by atoms with Crippen molar-refractivity contribution in [1.82, 2.24) is 0 Å². The average molecular weight is 267 g/mol. The number of hydrogen-bond donors (Lipinski definition) is 2. The Morgan fingerprint density at radius 3 is 2.67 bits per heavy atom. The summed E-state index contributed by atoms with van der Waals surface area (Å²) in [6.07, 6.45) is 0. The Hall–Kier alpha value is -1.04. The van der Waals surface area contributed by atoms with E-state index in [-0.39, 0.29) is 0 Å². The van der Waals surface area contributed by atoms with Gasteiger partial charge in [0.1, 0.15) is 5.75 Å². The van der Waals surface area contributed by atoms with Crippen LogP contribution in [0.1, 0.15) is 0 Å². The lowest BCUT2D eigenvalue weighted by Crippen LogP contribution is -2.20. The maximum atomic E-state index is 8.67. The largest absolute Gasteiger partial charge is 0.707 e. The first kappa shape index (κ1) is 10.5. The summed E-state index contributed by atoms with van der Waals surface area (Å²) in [5, 5.41) is 19.4. The smallest absolute Gasteiger partial charge is 0.512 e. The first-order valence-corrected chi connectivity index (χ1v) is 5.17. The SMILES string of the molecule is OB(O)Oc1ccc2cccc(Br)c2c1. The number of halogens is 1. The molecule has 15 heavy (non-hydrogen) atoms. The van der Waals surface area contributed by atoms with Gasteiger partial charge in [0.2, 0.25) is 0 Å². The summed E-state index contributed by atoms with van der Waals surface area (Å²) in [6.45, 7) is 0. The Morgan fingerprint density at radius 2 is 1.93 bits per heavy atom. The highest BCUT2D eigenvalue weighted by Gasteiger charge is 2.11. The van der Waals surface area contributed by atoms with E-state index < -0.39 is 7.32 Å². The van der Waals surface area contributed by atoms with Gasteiger partial charge in [-0.1, -0.05) is 34.1 Å². The van der Waals surface area contributed by atoms with Crippen molar-refractivity contribution < 1.29 is 14.7 Å². The minimum atomic E-state index is -1.79. The lowest BCUT2D eigenvalue weighted by molar-refractivity contribution is 0.288. The second-order valence-corrected chi connectivity index (χ2v) is 3.92. The van der Waals surface area contributed by atoms with Crippen LogP contribution in [0, 0.1) is 0 Å². The second-order valence-electron chi connectivity index (χ2n) is 3.07. The average Bonchev–Trinajstić information content (AvgIpc) is 2.18. The van der Waals surface area contributed by atoms with Crippen molar-refractivity contribution in [3.63, 3.8) is 0 Å². The summed E-state index contributed by atoms with van der Waals surface area (Å²) < 4.78 is 5.71. The van der Waals surface area contributed by atoms with Crippen molar-refractivity contribution in [2.45, 2.75) is 0 Å². The Bertz CT molecular complexity index is 487. The predicted octanol–water partition coefficient (Wildman–Crippen LogP) is 1.95. The highest BCUT2D eigenvalue weighted by Crippen LogP contribution is 2.27. The number of benzene rings is 2. The van der Waals surface area contributed by atoms with Crippen LogP contribution in [0.4, 0.5) is 0 Å². The van der Waals surface area contributed by atoms with Crippen LogP contribution >= 0.6 is 15.9 Å². The molecule has 0 aromatic heterocycles. The first-order chi connectivity index (χ1) is 7.16. The molecule has 5 heteroatoms. The molecule has 0 aliphatic carbocycles. The standard InChI is InChI=1S/C10H8BBrO3/c12-10-3-1-2-7-4-5-8(6-9(7)10)15-11(13)14/h1-6,13-14H. The third kappa shape index (κ3) is 2.31. The third-order valence-corrected chi connectivity index (χ3v) is 2.73. The highest BCUT2D eigenvalue weighted by molar-refractivity contribution is 9.10. The zero-order chi connectivity index (χ0) is 10.8. The molecule has 0 spiro atoms. The van der Waals surface area contributed by atoms with E-state index in [0.29, 0.717) is 5.75 Å². The van der Waals surface area contributed by atoms with Gasteiger partial charge in [0.25, 0.3) is 0 Å². The monoisotopic (exact) mass is 266 g/mol. The van der Waals surface area contributed by atoms with Gasteiger partial charge in [0, 0.05) is 4.47 Å². The maximum absolute atomic E-state index is 8.67. The van der Waals surface area contributed by atoms with Crippen LogP contribution in [-0.4, -0.2) is 17.4 Å². The number of fused-ring (bicyclic) bond motifs is 1. The van der Waals surface area contributed by atoms with Gasteiger partial charge < -0.3 is 14.7 Å². The molecule has 0 aliphatic rings. The van der Waals surface area contributed by atoms with Crippen LogP contribution in [-0.2, 0) is 0 Å². The van der Waals surface area contributed by atoms with E-state index in [9.17, 15) is 0 Å². The van der Waals surface area contributed by atoms with Gasteiger partial charge in [-0.3, -0.25) is 0 Å². The molecule has 2 aromatic rings. The molecule has 0 fully saturated rings. The van der Waals surface area contributed by atoms with Crippen molar-refractivity contribution in [2.24, 2.45) is 0 Å². The first-order valence-electron chi connectivity index (χ1n) is 4.38. The third-order valence-electron chi connectivity index (χ3n) is 2.04. The lowest BCUT2D eigenvalue weighted by Gasteiger charge is -2.06. The van der Waals surface area contributed by atoms with Gasteiger partial charge in [-0.2, -0.15) is 0 Å². The van der Waals surface area contributed by atoms with Gasteiger partial charge in [-0.05, 0) is 29.0 Å². The van der Waals surface area contributed by atoms with E-state index in [1.54, 1.807) is 12.1 Å². The molecular weight excluding hydrogens is 259 g/mol. The summed E-state index contributed by atoms with van der Waals surface area (Å²) in [7, 11) is -1.79. The molecule has 0 aliphatic heterocycles. The van der Waals surface area contributed by atoms with E-state index in [1.807, 2.05) is 24.3 Å². The van der Waals surface area contributed by atoms with Gasteiger partial charge in [0.15, 0.2) is 0 Å². The van der Waals surface area contributed by atoms with Gasteiger partial charge >= 0.3 is 7.32 Å². The van der Waals surface area contributed by atoms with Crippen molar-refractivity contribution in [2.75, 3.05) is 0 Å². The van der Waals surface area contributed by atoms with Crippen molar-refractivity contribution in [3.8, 4) is 5.75 Å². The summed E-state index contributed by atoms with van der Waals surface area (Å²) in [5.74, 6) is 0.421. The van der Waals surface area contributed by atoms with Gasteiger partial charge in [-0.25, -0.2) is 0 Å². The van der Waals surface area contributed by atoms with Crippen molar-refractivity contribution in [1.29, 1.82) is 0 Å². The molecule has 0 saturated carbocycles. The minimum Gasteiger partial charge on any atom is -0.512 e. The van der Waals surface area contributed by atoms with Gasteiger partial charge in [-0.15, -0.1) is 0 Å². The fraction of sp³-hybridized carbons (Fsp3) is 0. The molecule has 0 unspecified atom stereocenters. The lowest BCUT2D eigenvalue weighted by atomic mass is 10.1. The Morgan fingerprint density at radius 1 is 1.13 bits per heavy atom. The summed E-state index contributed by atoms with van der Waals surface area (Å²) in [5.41, 5.74) is 0. The summed E-state index contributed by atoms with van der Waals surface area (Å²) in [6, 6.07) is 11.1. The topological polar surface area (TPSA) is 49.7 Å². The zero-order valence-electron chi connectivity index (χ0n) is 7.72. The fourth-order valence-electron chi connectivity index (χ4n) is 1.41. The summed E-state index contributed by atoms with van der Waals surface area (Å²) in [4.78, 5) is 0. The van der Waals surface area contributed by atoms with E-state index in [0.717, 1.165) is 15.2 Å². The minimum absolute atomic E-state index is 0.421. The predicted molar refractivity (Wildman–Crippen MR) is 62.5 cm³/mol. The molecule has 2 N–H and O–H groups in total. The normalized spacial score (nSPS) is 10.3. The fourth-order valence-corrected chi connectivity index (χ4v) is 1.90.